The number of piperidine rings is 1. The van der Waals surface area contributed by atoms with Gasteiger partial charge in [0.05, 0.1) is 12.8 Å². The quantitative estimate of drug-likeness (QED) is 0.794. The van der Waals surface area contributed by atoms with Gasteiger partial charge >= 0.3 is 0 Å². The Hall–Kier alpha value is -1.94. The van der Waals surface area contributed by atoms with E-state index in [0.29, 0.717) is 23.9 Å². The molecular formula is C22H29N3O. The fourth-order valence-electron chi connectivity index (χ4n) is 4.65. The Morgan fingerprint density at radius 3 is 2.38 bits per heavy atom. The van der Waals surface area contributed by atoms with E-state index in [1.54, 1.807) is 7.11 Å². The SMILES string of the molecule is COc1ccc(C2C[C@H]3CC[C@@H](C2)N3Cc2ccnc(C(C)C)n2)cc1. The highest BCUT2D eigenvalue weighted by Crippen LogP contribution is 2.43. The van der Waals surface area contributed by atoms with Crippen molar-refractivity contribution in [1.29, 1.82) is 0 Å². The molecule has 0 radical (unpaired) electrons. The van der Waals surface area contributed by atoms with E-state index in [4.69, 9.17) is 9.72 Å². The molecule has 0 aliphatic carbocycles. The second-order valence-corrected chi connectivity index (χ2v) is 8.06. The molecule has 1 aromatic heterocycles. The van der Waals surface area contributed by atoms with Crippen LogP contribution < -0.4 is 4.74 Å². The van der Waals surface area contributed by atoms with Crippen LogP contribution in [0.5, 0.6) is 5.75 Å². The number of benzene rings is 1. The first-order valence-corrected chi connectivity index (χ1v) is 9.85. The zero-order chi connectivity index (χ0) is 18.1. The van der Waals surface area contributed by atoms with Gasteiger partial charge in [0.15, 0.2) is 0 Å². The molecule has 1 unspecified atom stereocenters. The van der Waals surface area contributed by atoms with Gasteiger partial charge in [-0.2, -0.15) is 0 Å². The van der Waals surface area contributed by atoms with Crippen LogP contribution in [-0.4, -0.2) is 34.1 Å². The molecule has 26 heavy (non-hydrogen) atoms. The van der Waals surface area contributed by atoms with Crippen LogP contribution >= 0.6 is 0 Å². The summed E-state index contributed by atoms with van der Waals surface area (Å²) in [5.74, 6) is 2.96. The first-order chi connectivity index (χ1) is 12.6. The van der Waals surface area contributed by atoms with E-state index in [1.165, 1.54) is 36.9 Å². The number of methoxy groups -OCH3 is 1. The van der Waals surface area contributed by atoms with Crippen molar-refractivity contribution in [2.45, 2.75) is 70.0 Å². The van der Waals surface area contributed by atoms with Crippen LogP contribution in [0.4, 0.5) is 0 Å². The van der Waals surface area contributed by atoms with Crippen molar-refractivity contribution in [3.63, 3.8) is 0 Å². The predicted molar refractivity (Wildman–Crippen MR) is 103 cm³/mol. The number of hydrogen-bond acceptors (Lipinski definition) is 4. The van der Waals surface area contributed by atoms with Gasteiger partial charge in [-0.3, -0.25) is 4.90 Å². The average molecular weight is 351 g/mol. The van der Waals surface area contributed by atoms with Gasteiger partial charge in [-0.05, 0) is 55.4 Å². The van der Waals surface area contributed by atoms with Crippen molar-refractivity contribution < 1.29 is 4.74 Å². The molecule has 2 fully saturated rings. The summed E-state index contributed by atoms with van der Waals surface area (Å²) in [6, 6.07) is 12.1. The molecule has 2 aliphatic heterocycles. The highest BCUT2D eigenvalue weighted by Gasteiger charge is 2.41. The first kappa shape index (κ1) is 17.5. The minimum atomic E-state index is 0.382. The van der Waals surface area contributed by atoms with E-state index in [2.05, 4.69) is 54.1 Å². The van der Waals surface area contributed by atoms with Crippen molar-refractivity contribution in [3.05, 3.63) is 53.6 Å². The number of aromatic nitrogens is 2. The average Bonchev–Trinajstić information content (AvgIpc) is 2.90. The molecule has 4 heteroatoms. The van der Waals surface area contributed by atoms with Gasteiger partial charge in [0, 0.05) is 30.7 Å². The number of rotatable bonds is 5. The Morgan fingerprint density at radius 1 is 1.08 bits per heavy atom. The van der Waals surface area contributed by atoms with Crippen LogP contribution in [0, 0.1) is 0 Å². The van der Waals surface area contributed by atoms with Crippen LogP contribution in [0.3, 0.4) is 0 Å². The highest BCUT2D eigenvalue weighted by molar-refractivity contribution is 5.30. The summed E-state index contributed by atoms with van der Waals surface area (Å²) in [4.78, 5) is 11.9. The number of fused-ring (bicyclic) bond motifs is 2. The van der Waals surface area contributed by atoms with Gasteiger partial charge in [-0.25, -0.2) is 9.97 Å². The summed E-state index contributed by atoms with van der Waals surface area (Å²) < 4.78 is 5.30. The second kappa shape index (κ2) is 7.36. The molecule has 1 aromatic carbocycles. The molecule has 138 valence electrons. The largest absolute Gasteiger partial charge is 0.497 e. The van der Waals surface area contributed by atoms with Crippen LogP contribution in [-0.2, 0) is 6.54 Å². The number of nitrogens with zero attached hydrogens (tertiary/aromatic N) is 3. The molecular weight excluding hydrogens is 322 g/mol. The maximum absolute atomic E-state index is 5.30. The molecule has 0 spiro atoms. The molecule has 2 saturated heterocycles. The lowest BCUT2D eigenvalue weighted by Crippen LogP contribution is -2.41. The van der Waals surface area contributed by atoms with Crippen molar-refractivity contribution in [1.82, 2.24) is 14.9 Å². The fraction of sp³-hybridized carbons (Fsp3) is 0.545. The van der Waals surface area contributed by atoms with Crippen LogP contribution in [0.25, 0.3) is 0 Å². The lowest BCUT2D eigenvalue weighted by molar-refractivity contribution is 0.117. The minimum absolute atomic E-state index is 0.382. The summed E-state index contributed by atoms with van der Waals surface area (Å²) in [5.41, 5.74) is 2.63. The number of ether oxygens (including phenoxy) is 1. The smallest absolute Gasteiger partial charge is 0.131 e. The minimum Gasteiger partial charge on any atom is -0.497 e. The summed E-state index contributed by atoms with van der Waals surface area (Å²) in [7, 11) is 1.73. The third-order valence-electron chi connectivity index (χ3n) is 6.06. The summed E-state index contributed by atoms with van der Waals surface area (Å²) in [6.07, 6.45) is 7.07. The summed E-state index contributed by atoms with van der Waals surface area (Å²) >= 11 is 0. The van der Waals surface area contributed by atoms with Gasteiger partial charge < -0.3 is 4.74 Å². The maximum Gasteiger partial charge on any atom is 0.131 e. The van der Waals surface area contributed by atoms with Gasteiger partial charge in [-0.15, -0.1) is 0 Å². The molecule has 2 bridgehead atoms. The Morgan fingerprint density at radius 2 is 1.77 bits per heavy atom. The zero-order valence-corrected chi connectivity index (χ0v) is 16.1. The summed E-state index contributed by atoms with van der Waals surface area (Å²) in [6.45, 7) is 5.28. The summed E-state index contributed by atoms with van der Waals surface area (Å²) in [5, 5.41) is 0. The van der Waals surface area contributed by atoms with Gasteiger partial charge in [0.1, 0.15) is 11.6 Å². The molecule has 3 heterocycles. The van der Waals surface area contributed by atoms with E-state index in [-0.39, 0.29) is 0 Å². The zero-order valence-electron chi connectivity index (χ0n) is 16.1. The van der Waals surface area contributed by atoms with Crippen LogP contribution in [0.1, 0.15) is 68.4 Å². The Balaban J connectivity index is 1.46. The topological polar surface area (TPSA) is 38.2 Å². The molecule has 0 amide bonds. The van der Waals surface area contributed by atoms with Gasteiger partial charge in [0.25, 0.3) is 0 Å². The highest BCUT2D eigenvalue weighted by atomic mass is 16.5. The standard InChI is InChI=1S/C22H29N3O/c1-15(2)22-23-11-10-18(24-22)14-25-19-6-7-20(25)13-17(12-19)16-4-8-21(26-3)9-5-16/h4-5,8-11,15,17,19-20H,6-7,12-14H2,1-3H3/t17?,19-,20+. The third kappa shape index (κ3) is 3.48. The molecule has 4 nitrogen and oxygen atoms in total. The third-order valence-corrected chi connectivity index (χ3v) is 6.06. The van der Waals surface area contributed by atoms with Gasteiger partial charge in [0.2, 0.25) is 0 Å². The Kier molecular flexibility index (Phi) is 4.94. The molecule has 4 rings (SSSR count). The van der Waals surface area contributed by atoms with E-state index >= 15 is 0 Å². The molecule has 0 N–H and O–H groups in total. The Labute approximate surface area is 156 Å². The van der Waals surface area contributed by atoms with Crippen molar-refractivity contribution in [2.24, 2.45) is 0 Å². The van der Waals surface area contributed by atoms with Crippen LogP contribution in [0.15, 0.2) is 36.5 Å². The molecule has 2 aromatic rings. The molecule has 3 atom stereocenters. The van der Waals surface area contributed by atoms with E-state index in [1.807, 2.05) is 6.20 Å². The Bertz CT molecular complexity index is 729. The van der Waals surface area contributed by atoms with E-state index in [9.17, 15) is 0 Å². The predicted octanol–water partition coefficient (Wildman–Crippen LogP) is 4.52. The molecule has 0 saturated carbocycles. The van der Waals surface area contributed by atoms with Crippen LogP contribution in [0.2, 0.25) is 0 Å². The first-order valence-electron chi connectivity index (χ1n) is 9.85. The van der Waals surface area contributed by atoms with E-state index in [0.717, 1.165) is 18.1 Å². The molecule has 2 aliphatic rings. The lowest BCUT2D eigenvalue weighted by Gasteiger charge is -2.39. The van der Waals surface area contributed by atoms with Crippen molar-refractivity contribution in [2.75, 3.05) is 7.11 Å². The number of hydrogen-bond donors (Lipinski definition) is 0. The lowest BCUT2D eigenvalue weighted by atomic mass is 9.85. The van der Waals surface area contributed by atoms with Crippen molar-refractivity contribution >= 4 is 0 Å². The van der Waals surface area contributed by atoms with E-state index < -0.39 is 0 Å². The second-order valence-electron chi connectivity index (χ2n) is 8.06. The maximum atomic E-state index is 5.30. The fourth-order valence-corrected chi connectivity index (χ4v) is 4.65. The monoisotopic (exact) mass is 351 g/mol. The normalized spacial score (nSPS) is 25.6. The van der Waals surface area contributed by atoms with Gasteiger partial charge in [-0.1, -0.05) is 26.0 Å². The van der Waals surface area contributed by atoms with Crippen molar-refractivity contribution in [3.8, 4) is 5.75 Å².